The van der Waals surface area contributed by atoms with Gasteiger partial charge in [0.25, 0.3) is 5.91 Å². The number of ether oxygens (including phenoxy) is 1. The number of amides is 1. The number of carbonyl (C=O) groups is 2. The minimum absolute atomic E-state index is 0.0466. The van der Waals surface area contributed by atoms with Gasteiger partial charge in [-0.1, -0.05) is 52.8 Å². The lowest BCUT2D eigenvalue weighted by Crippen LogP contribution is -2.41. The summed E-state index contributed by atoms with van der Waals surface area (Å²) in [6.07, 6.45) is -1.48. The molecule has 4 aromatic rings. The molecule has 0 aliphatic carbocycles. The smallest absolute Gasteiger partial charge is 0.335 e. The lowest BCUT2D eigenvalue weighted by atomic mass is 9.97. The number of esters is 1. The Morgan fingerprint density at radius 3 is 2.51 bits per heavy atom. The maximum Gasteiger partial charge on any atom is 0.335 e. The fraction of sp³-hybridized carbons (Fsp3) is 0.259. The molecule has 0 spiro atoms. The average molecular weight is 523 g/mol. The molecule has 2 atom stereocenters. The molecule has 1 aromatic heterocycles. The molecule has 0 radical (unpaired) electrons. The molecule has 3 N–H and O–H groups in total. The summed E-state index contributed by atoms with van der Waals surface area (Å²) in [4.78, 5) is 25.9. The third-order valence-corrected chi connectivity index (χ3v) is 5.99. The maximum atomic E-state index is 13.1. The first-order chi connectivity index (χ1) is 17.7. The van der Waals surface area contributed by atoms with Crippen LogP contribution in [0.5, 0.6) is 0 Å². The van der Waals surface area contributed by atoms with Gasteiger partial charge < -0.3 is 20.4 Å². The van der Waals surface area contributed by atoms with Crippen LogP contribution in [0.1, 0.15) is 36.2 Å². The zero-order valence-corrected chi connectivity index (χ0v) is 21.1. The first-order valence-electron chi connectivity index (χ1n) is 11.8. The zero-order chi connectivity index (χ0) is 26.5. The van der Waals surface area contributed by atoms with Gasteiger partial charge in [-0.2, -0.15) is 0 Å². The van der Waals surface area contributed by atoms with E-state index in [-0.39, 0.29) is 23.6 Å². The molecule has 10 heteroatoms. The summed E-state index contributed by atoms with van der Waals surface area (Å²) in [5, 5.41) is 31.1. The summed E-state index contributed by atoms with van der Waals surface area (Å²) in [5.74, 6) is -1.18. The van der Waals surface area contributed by atoms with E-state index in [1.54, 1.807) is 26.0 Å². The maximum absolute atomic E-state index is 13.1. The van der Waals surface area contributed by atoms with E-state index in [0.717, 1.165) is 16.7 Å². The van der Waals surface area contributed by atoms with E-state index in [2.05, 4.69) is 15.6 Å². The van der Waals surface area contributed by atoms with Crippen LogP contribution in [0.2, 0.25) is 5.02 Å². The number of hydrogen-bond acceptors (Lipinski definition) is 7. The van der Waals surface area contributed by atoms with E-state index in [4.69, 9.17) is 16.3 Å². The van der Waals surface area contributed by atoms with Gasteiger partial charge in [0.1, 0.15) is 11.0 Å². The monoisotopic (exact) mass is 522 g/mol. The second-order valence-electron chi connectivity index (χ2n) is 9.00. The molecule has 0 bridgehead atoms. The van der Waals surface area contributed by atoms with Gasteiger partial charge in [0.15, 0.2) is 6.10 Å². The van der Waals surface area contributed by atoms with Crippen LogP contribution in [-0.4, -0.2) is 55.6 Å². The number of carbonyl (C=O) groups excluding carboxylic acids is 2. The number of hydrogen-bond donors (Lipinski definition) is 3. The topological polar surface area (TPSA) is 127 Å². The van der Waals surface area contributed by atoms with Gasteiger partial charge in [0.2, 0.25) is 0 Å². The number of aliphatic hydroxyl groups excluding tert-OH is 1. The van der Waals surface area contributed by atoms with Crippen LogP contribution in [0.25, 0.3) is 22.2 Å². The van der Waals surface area contributed by atoms with Gasteiger partial charge in [-0.15, -0.1) is 5.10 Å². The SMILES string of the molecule is CC(C)OC(=O)[C@H](O)C[C@@H](Cc1ccc(-c2cccc(Cl)c2)cc1)NC(=O)c1ccc2nnn(O)c2c1. The van der Waals surface area contributed by atoms with Gasteiger partial charge in [0, 0.05) is 23.0 Å². The molecule has 4 rings (SSSR count). The normalized spacial score (nSPS) is 12.9. The fourth-order valence-electron chi connectivity index (χ4n) is 3.97. The number of rotatable bonds is 9. The number of aromatic nitrogens is 3. The summed E-state index contributed by atoms with van der Waals surface area (Å²) in [7, 11) is 0. The molecule has 0 fully saturated rings. The summed E-state index contributed by atoms with van der Waals surface area (Å²) in [6, 6.07) is 19.3. The second kappa shape index (κ2) is 11.4. The lowest BCUT2D eigenvalue weighted by Gasteiger charge is -2.22. The van der Waals surface area contributed by atoms with Gasteiger partial charge in [0.05, 0.1) is 6.10 Å². The van der Waals surface area contributed by atoms with Gasteiger partial charge in [-0.3, -0.25) is 4.79 Å². The summed E-state index contributed by atoms with van der Waals surface area (Å²) in [6.45, 7) is 3.39. The van der Waals surface area contributed by atoms with Crippen molar-refractivity contribution in [2.75, 3.05) is 0 Å². The van der Waals surface area contributed by atoms with Crippen molar-refractivity contribution in [3.63, 3.8) is 0 Å². The van der Waals surface area contributed by atoms with Crippen molar-refractivity contribution in [2.24, 2.45) is 0 Å². The van der Waals surface area contributed by atoms with Crippen molar-refractivity contribution in [3.05, 3.63) is 82.9 Å². The molecule has 0 unspecified atom stereocenters. The first kappa shape index (κ1) is 26.1. The predicted octanol–water partition coefficient (Wildman–Crippen LogP) is 4.03. The molecule has 0 aliphatic heterocycles. The Labute approximate surface area is 218 Å². The standard InChI is InChI=1S/C27H27ClN4O5/c1-16(2)37-27(35)25(33)15-22(29-26(34)20-10-11-23-24(14-20)32(36)31-30-23)12-17-6-8-18(9-7-17)19-4-3-5-21(28)13-19/h3-11,13-14,16,22,25,33,36H,12,15H2,1-2H3,(H,29,34)/t22-,25-/m1/s1. The summed E-state index contributed by atoms with van der Waals surface area (Å²) >= 11 is 6.11. The third-order valence-electron chi connectivity index (χ3n) is 5.75. The largest absolute Gasteiger partial charge is 0.461 e. The predicted molar refractivity (Wildman–Crippen MR) is 138 cm³/mol. The summed E-state index contributed by atoms with van der Waals surface area (Å²) < 4.78 is 5.12. The van der Waals surface area contributed by atoms with Crippen molar-refractivity contribution >= 4 is 34.5 Å². The third kappa shape index (κ3) is 6.63. The van der Waals surface area contributed by atoms with Crippen molar-refractivity contribution in [1.29, 1.82) is 0 Å². The van der Waals surface area contributed by atoms with Crippen LogP contribution in [0, 0.1) is 0 Å². The van der Waals surface area contributed by atoms with Crippen molar-refractivity contribution < 1.29 is 24.6 Å². The van der Waals surface area contributed by atoms with Crippen molar-refractivity contribution in [1.82, 2.24) is 20.5 Å². The first-order valence-corrected chi connectivity index (χ1v) is 12.2. The molecule has 192 valence electrons. The highest BCUT2D eigenvalue weighted by Gasteiger charge is 2.25. The number of nitrogens with zero attached hydrogens (tertiary/aromatic N) is 3. The van der Waals surface area contributed by atoms with Crippen LogP contribution < -0.4 is 5.32 Å². The van der Waals surface area contributed by atoms with E-state index in [0.29, 0.717) is 21.8 Å². The number of benzene rings is 3. The minimum Gasteiger partial charge on any atom is -0.461 e. The number of aliphatic hydroxyl groups is 1. The Hall–Kier alpha value is -3.95. The zero-order valence-electron chi connectivity index (χ0n) is 20.3. The Kier molecular flexibility index (Phi) is 8.05. The quantitative estimate of drug-likeness (QED) is 0.224. The lowest BCUT2D eigenvalue weighted by molar-refractivity contribution is -0.158. The van der Waals surface area contributed by atoms with Gasteiger partial charge in [-0.05, 0) is 72.5 Å². The highest BCUT2D eigenvalue weighted by Crippen LogP contribution is 2.24. The highest BCUT2D eigenvalue weighted by molar-refractivity contribution is 6.30. The molecule has 0 saturated carbocycles. The molecule has 0 aliphatic rings. The molecule has 37 heavy (non-hydrogen) atoms. The van der Waals surface area contributed by atoms with Crippen LogP contribution in [-0.2, 0) is 16.0 Å². The van der Waals surface area contributed by atoms with E-state index >= 15 is 0 Å². The van der Waals surface area contributed by atoms with Gasteiger partial charge >= 0.3 is 5.97 Å². The minimum atomic E-state index is -1.41. The molecule has 0 saturated heterocycles. The van der Waals surface area contributed by atoms with Crippen LogP contribution in [0.15, 0.2) is 66.7 Å². The van der Waals surface area contributed by atoms with Crippen molar-refractivity contribution in [3.8, 4) is 11.1 Å². The number of fused-ring (bicyclic) bond motifs is 1. The molecular weight excluding hydrogens is 496 g/mol. The van der Waals surface area contributed by atoms with Crippen molar-refractivity contribution in [2.45, 2.75) is 44.9 Å². The Morgan fingerprint density at radius 2 is 1.81 bits per heavy atom. The van der Waals surface area contributed by atoms with E-state index < -0.39 is 24.0 Å². The Bertz CT molecular complexity index is 1400. The van der Waals surface area contributed by atoms with E-state index in [1.165, 1.54) is 6.07 Å². The van der Waals surface area contributed by atoms with Crippen LogP contribution >= 0.6 is 11.6 Å². The molecule has 1 heterocycles. The van der Waals surface area contributed by atoms with Gasteiger partial charge in [-0.25, -0.2) is 4.79 Å². The van der Waals surface area contributed by atoms with E-state index in [9.17, 15) is 19.9 Å². The molecule has 9 nitrogen and oxygen atoms in total. The molecule has 1 amide bonds. The Balaban J connectivity index is 1.53. The molecule has 3 aromatic carbocycles. The second-order valence-corrected chi connectivity index (χ2v) is 9.44. The summed E-state index contributed by atoms with van der Waals surface area (Å²) in [5.41, 5.74) is 3.83. The Morgan fingerprint density at radius 1 is 1.05 bits per heavy atom. The van der Waals surface area contributed by atoms with E-state index in [1.807, 2.05) is 48.5 Å². The average Bonchev–Trinajstić information content (AvgIpc) is 3.24. The molecular formula is C27H27ClN4O5. The van der Waals surface area contributed by atoms with Crippen LogP contribution in [0.4, 0.5) is 0 Å². The highest BCUT2D eigenvalue weighted by atomic mass is 35.5. The van der Waals surface area contributed by atoms with Crippen LogP contribution in [0.3, 0.4) is 0 Å². The fourth-order valence-corrected chi connectivity index (χ4v) is 4.16. The number of nitrogens with one attached hydrogen (secondary N) is 1. The number of halogens is 1.